The Morgan fingerprint density at radius 1 is 1.24 bits per heavy atom. The van der Waals surface area contributed by atoms with E-state index >= 15 is 0 Å². The molecule has 0 saturated heterocycles. The average Bonchev–Trinajstić information content (AvgIpc) is 2.92. The number of carbonyl (C=O) groups is 1. The number of aryl methyl sites for hydroxylation is 1. The summed E-state index contributed by atoms with van der Waals surface area (Å²) in [4.78, 5) is 15.6. The second-order valence-electron chi connectivity index (χ2n) is 6.06. The lowest BCUT2D eigenvalue weighted by atomic mass is 10.1. The van der Waals surface area contributed by atoms with Crippen LogP contribution in [0.5, 0.6) is 0 Å². The number of imidazole rings is 1. The number of pyridine rings is 1. The molecule has 3 aromatic rings. The molecule has 1 aromatic carbocycles. The van der Waals surface area contributed by atoms with Crippen molar-refractivity contribution in [2.75, 3.05) is 0 Å². The smallest absolute Gasteiger partial charge is 0.335 e. The zero-order chi connectivity index (χ0) is 18.1. The molecule has 6 nitrogen and oxygen atoms in total. The van der Waals surface area contributed by atoms with Crippen LogP contribution in [0.15, 0.2) is 46.8 Å². The normalized spacial score (nSPS) is 11.7. The lowest BCUT2D eigenvalue weighted by Crippen LogP contribution is -1.95. The molecule has 0 amide bonds. The third-order valence-electron chi connectivity index (χ3n) is 3.84. The summed E-state index contributed by atoms with van der Waals surface area (Å²) in [6, 6.07) is 7.57. The largest absolute Gasteiger partial charge is 0.478 e. The highest BCUT2D eigenvalue weighted by Crippen LogP contribution is 2.30. The van der Waals surface area contributed by atoms with Crippen molar-refractivity contribution in [3.63, 3.8) is 0 Å². The maximum atomic E-state index is 13.6. The Morgan fingerprint density at radius 3 is 2.68 bits per heavy atom. The van der Waals surface area contributed by atoms with Gasteiger partial charge in [0.15, 0.2) is 5.82 Å². The molecule has 0 atom stereocenters. The number of rotatable bonds is 4. The molecule has 2 aromatic heterocycles. The second kappa shape index (κ2) is 6.43. The van der Waals surface area contributed by atoms with Gasteiger partial charge in [0, 0.05) is 6.20 Å². The van der Waals surface area contributed by atoms with E-state index in [0.29, 0.717) is 22.8 Å². The third-order valence-corrected chi connectivity index (χ3v) is 3.84. The summed E-state index contributed by atoms with van der Waals surface area (Å²) < 4.78 is 15.2. The number of hydrogen-bond donors (Lipinski definition) is 1. The first-order valence-corrected chi connectivity index (χ1v) is 7.80. The Labute approximate surface area is 143 Å². The molecule has 0 aliphatic heterocycles. The molecule has 25 heavy (non-hydrogen) atoms. The zero-order valence-corrected chi connectivity index (χ0v) is 14.1. The van der Waals surface area contributed by atoms with E-state index in [4.69, 9.17) is 5.11 Å². The summed E-state index contributed by atoms with van der Waals surface area (Å²) in [7, 11) is 0. The number of aromatic carboxylic acids is 1. The van der Waals surface area contributed by atoms with Crippen molar-refractivity contribution in [2.24, 2.45) is 10.2 Å². The minimum Gasteiger partial charge on any atom is -0.478 e. The van der Waals surface area contributed by atoms with E-state index in [0.717, 1.165) is 5.56 Å². The highest BCUT2D eigenvalue weighted by atomic mass is 19.1. The number of halogens is 1. The lowest BCUT2D eigenvalue weighted by molar-refractivity contribution is 0.0697. The van der Waals surface area contributed by atoms with Crippen LogP contribution >= 0.6 is 0 Å². The van der Waals surface area contributed by atoms with Crippen molar-refractivity contribution >= 4 is 23.1 Å². The topological polar surface area (TPSA) is 79.3 Å². The van der Waals surface area contributed by atoms with Crippen LogP contribution in [0, 0.1) is 12.7 Å². The van der Waals surface area contributed by atoms with Crippen molar-refractivity contribution in [2.45, 2.75) is 26.7 Å². The van der Waals surface area contributed by atoms with E-state index < -0.39 is 11.8 Å². The number of carboxylic acids is 1. The second-order valence-corrected chi connectivity index (χ2v) is 6.06. The van der Waals surface area contributed by atoms with Gasteiger partial charge >= 0.3 is 5.97 Å². The first-order valence-electron chi connectivity index (χ1n) is 7.80. The van der Waals surface area contributed by atoms with Crippen LogP contribution in [0.2, 0.25) is 0 Å². The van der Waals surface area contributed by atoms with E-state index in [9.17, 15) is 9.18 Å². The molecular formula is C18H17FN4O2. The molecule has 0 spiro atoms. The molecule has 0 fully saturated rings. The Balaban J connectivity index is 2.12. The van der Waals surface area contributed by atoms with Crippen molar-refractivity contribution in [3.8, 4) is 0 Å². The Kier molecular flexibility index (Phi) is 4.31. The highest BCUT2D eigenvalue weighted by Gasteiger charge is 2.16. The fourth-order valence-corrected chi connectivity index (χ4v) is 2.46. The predicted molar refractivity (Wildman–Crippen MR) is 91.6 cm³/mol. The van der Waals surface area contributed by atoms with Crippen LogP contribution in [0.4, 0.5) is 15.9 Å². The summed E-state index contributed by atoms with van der Waals surface area (Å²) in [5, 5.41) is 17.6. The monoisotopic (exact) mass is 340 g/mol. The van der Waals surface area contributed by atoms with Crippen LogP contribution in [0.1, 0.15) is 41.4 Å². The van der Waals surface area contributed by atoms with Gasteiger partial charge in [-0.2, -0.15) is 0 Å². The SMILES string of the molecule is Cc1ccc(C(=O)O)cc1N=Nc1c(C(C)C)nc2ccc(F)cn12. The molecule has 128 valence electrons. The summed E-state index contributed by atoms with van der Waals surface area (Å²) in [6.45, 7) is 5.75. The molecule has 2 heterocycles. The predicted octanol–water partition coefficient (Wildman–Crippen LogP) is 5.02. The van der Waals surface area contributed by atoms with Crippen molar-refractivity contribution in [3.05, 3.63) is 59.2 Å². The van der Waals surface area contributed by atoms with E-state index in [1.807, 2.05) is 20.8 Å². The third kappa shape index (κ3) is 3.26. The molecule has 0 aliphatic rings. The van der Waals surface area contributed by atoms with Gasteiger partial charge in [-0.05, 0) is 42.7 Å². The number of carboxylic acid groups (broad SMARTS) is 1. The molecule has 0 saturated carbocycles. The zero-order valence-electron chi connectivity index (χ0n) is 14.1. The lowest BCUT2D eigenvalue weighted by Gasteiger charge is -2.03. The van der Waals surface area contributed by atoms with E-state index in [1.165, 1.54) is 24.4 Å². The molecule has 0 radical (unpaired) electrons. The van der Waals surface area contributed by atoms with Gasteiger partial charge < -0.3 is 5.11 Å². The van der Waals surface area contributed by atoms with Crippen LogP contribution < -0.4 is 0 Å². The van der Waals surface area contributed by atoms with Gasteiger partial charge in [0.1, 0.15) is 11.5 Å². The fourth-order valence-electron chi connectivity index (χ4n) is 2.46. The number of fused-ring (bicyclic) bond motifs is 1. The standard InChI is InChI=1S/C18H17FN4O2/c1-10(2)16-17(23-9-13(19)6-7-15(23)20-16)22-21-14-8-12(18(24)25)5-4-11(14)3/h4-10H,1-3H3,(H,24,25). The van der Waals surface area contributed by atoms with Crippen LogP contribution in [-0.4, -0.2) is 20.5 Å². The van der Waals surface area contributed by atoms with Gasteiger partial charge in [0.05, 0.1) is 16.9 Å². The molecule has 0 bridgehead atoms. The average molecular weight is 340 g/mol. The van der Waals surface area contributed by atoms with Crippen molar-refractivity contribution < 1.29 is 14.3 Å². The molecule has 1 N–H and O–H groups in total. The fraction of sp³-hybridized carbons (Fsp3) is 0.222. The van der Waals surface area contributed by atoms with E-state index in [-0.39, 0.29) is 11.5 Å². The molecular weight excluding hydrogens is 323 g/mol. The first kappa shape index (κ1) is 16.8. The summed E-state index contributed by atoms with van der Waals surface area (Å²) in [5.74, 6) is -0.926. The van der Waals surface area contributed by atoms with E-state index in [1.54, 1.807) is 16.5 Å². The Hall–Kier alpha value is -3.09. The Bertz CT molecular complexity index is 992. The summed E-state index contributed by atoms with van der Waals surface area (Å²) in [6.07, 6.45) is 1.31. The van der Waals surface area contributed by atoms with Crippen molar-refractivity contribution in [1.82, 2.24) is 9.38 Å². The summed E-state index contributed by atoms with van der Waals surface area (Å²) >= 11 is 0. The van der Waals surface area contributed by atoms with Gasteiger partial charge in [-0.25, -0.2) is 14.2 Å². The van der Waals surface area contributed by atoms with Gasteiger partial charge in [-0.1, -0.05) is 19.9 Å². The maximum absolute atomic E-state index is 13.6. The quantitative estimate of drug-likeness (QED) is 0.677. The maximum Gasteiger partial charge on any atom is 0.335 e. The highest BCUT2D eigenvalue weighted by molar-refractivity contribution is 5.88. The molecule has 7 heteroatoms. The number of benzene rings is 1. The number of aromatic nitrogens is 2. The van der Waals surface area contributed by atoms with Gasteiger partial charge in [-0.3, -0.25) is 4.40 Å². The minimum atomic E-state index is -1.03. The number of azo groups is 1. The Morgan fingerprint density at radius 2 is 2.00 bits per heavy atom. The van der Waals surface area contributed by atoms with Crippen LogP contribution in [0.3, 0.4) is 0 Å². The minimum absolute atomic E-state index is 0.0726. The summed E-state index contributed by atoms with van der Waals surface area (Å²) in [5.41, 5.74) is 2.64. The van der Waals surface area contributed by atoms with Gasteiger partial charge in [-0.15, -0.1) is 10.2 Å². The number of hydrogen-bond acceptors (Lipinski definition) is 4. The first-order chi connectivity index (χ1) is 11.9. The van der Waals surface area contributed by atoms with Gasteiger partial charge in [0.2, 0.25) is 0 Å². The van der Waals surface area contributed by atoms with E-state index in [2.05, 4.69) is 15.2 Å². The van der Waals surface area contributed by atoms with Crippen LogP contribution in [0.25, 0.3) is 5.65 Å². The van der Waals surface area contributed by atoms with Crippen molar-refractivity contribution in [1.29, 1.82) is 0 Å². The number of nitrogens with zero attached hydrogens (tertiary/aromatic N) is 4. The molecule has 0 aliphatic carbocycles. The van der Waals surface area contributed by atoms with Gasteiger partial charge in [0.25, 0.3) is 0 Å². The molecule has 3 rings (SSSR count). The molecule has 0 unspecified atom stereocenters. The van der Waals surface area contributed by atoms with Crippen LogP contribution in [-0.2, 0) is 0 Å².